The zero-order valence-electron chi connectivity index (χ0n) is 8.06. The first-order valence-electron chi connectivity index (χ1n) is 4.57. The van der Waals surface area contributed by atoms with Crippen LogP contribution in [-0.4, -0.2) is 31.2 Å². The molecule has 1 aliphatic rings. The molecule has 1 rings (SSSR count). The summed E-state index contributed by atoms with van der Waals surface area (Å²) < 4.78 is 35.2. The molecule has 3 nitrogen and oxygen atoms in total. The molecule has 0 unspecified atom stereocenters. The smallest absolute Gasteiger partial charge is 0.346 e. The molecule has 0 aliphatic carbocycles. The van der Waals surface area contributed by atoms with Crippen LogP contribution in [0.1, 0.15) is 19.3 Å². The number of hydrogen-bond acceptors (Lipinski definition) is 2. The van der Waals surface area contributed by atoms with Crippen molar-refractivity contribution in [3.63, 3.8) is 0 Å². The highest BCUT2D eigenvalue weighted by molar-refractivity contribution is 5.85. The van der Waals surface area contributed by atoms with Crippen LogP contribution in [0.2, 0.25) is 0 Å². The zero-order chi connectivity index (χ0) is 10.6. The van der Waals surface area contributed by atoms with Crippen molar-refractivity contribution < 1.29 is 18.0 Å². The lowest BCUT2D eigenvalue weighted by Crippen LogP contribution is -2.48. The van der Waals surface area contributed by atoms with Crippen molar-refractivity contribution in [2.45, 2.75) is 31.5 Å². The van der Waals surface area contributed by atoms with Gasteiger partial charge in [-0.3, -0.25) is 4.79 Å². The van der Waals surface area contributed by atoms with Gasteiger partial charge in [-0.15, -0.1) is 12.4 Å². The lowest BCUT2D eigenvalue weighted by molar-refractivity contribution is -0.139. The summed E-state index contributed by atoms with van der Waals surface area (Å²) in [6.45, 7) is -0.548. The Labute approximate surface area is 92.2 Å². The number of alkyl halides is 3. The lowest BCUT2D eigenvalue weighted by Gasteiger charge is -2.22. The molecular formula is C8H14ClF3N2O. The van der Waals surface area contributed by atoms with Gasteiger partial charge in [0.15, 0.2) is 0 Å². The molecule has 1 heterocycles. The average Bonchev–Trinajstić information content (AvgIpc) is 2.14. The van der Waals surface area contributed by atoms with Gasteiger partial charge in [0.1, 0.15) is 6.54 Å². The van der Waals surface area contributed by atoms with Crippen LogP contribution in [0.5, 0.6) is 0 Å². The summed E-state index contributed by atoms with van der Waals surface area (Å²) in [7, 11) is 0. The maximum atomic E-state index is 11.7. The van der Waals surface area contributed by atoms with Crippen LogP contribution >= 0.6 is 12.4 Å². The van der Waals surface area contributed by atoms with E-state index in [1.807, 2.05) is 5.32 Å². The van der Waals surface area contributed by atoms with Crippen LogP contribution in [0.15, 0.2) is 0 Å². The van der Waals surface area contributed by atoms with E-state index in [2.05, 4.69) is 5.32 Å². The van der Waals surface area contributed by atoms with E-state index in [0.717, 1.165) is 12.8 Å². The molecule has 0 aromatic heterocycles. The molecule has 0 saturated carbocycles. The predicted octanol–water partition coefficient (Wildman–Crippen LogP) is 1.23. The second-order valence-electron chi connectivity index (χ2n) is 3.34. The minimum Gasteiger partial charge on any atom is -0.346 e. The van der Waals surface area contributed by atoms with Gasteiger partial charge in [-0.05, 0) is 19.4 Å². The maximum Gasteiger partial charge on any atom is 0.405 e. The van der Waals surface area contributed by atoms with Gasteiger partial charge in [-0.25, -0.2) is 0 Å². The minimum absolute atomic E-state index is 0. The van der Waals surface area contributed by atoms with Crippen LogP contribution in [0.4, 0.5) is 13.2 Å². The van der Waals surface area contributed by atoms with E-state index in [9.17, 15) is 18.0 Å². The summed E-state index contributed by atoms with van der Waals surface area (Å²) in [5.74, 6) is -0.554. The molecule has 0 spiro atoms. The van der Waals surface area contributed by atoms with E-state index in [0.29, 0.717) is 13.0 Å². The van der Waals surface area contributed by atoms with Crippen LogP contribution in [0.25, 0.3) is 0 Å². The molecule has 15 heavy (non-hydrogen) atoms. The Balaban J connectivity index is 0.00000196. The first kappa shape index (κ1) is 14.5. The maximum absolute atomic E-state index is 11.7. The number of carbonyl (C=O) groups is 1. The van der Waals surface area contributed by atoms with E-state index in [4.69, 9.17) is 0 Å². The highest BCUT2D eigenvalue weighted by atomic mass is 35.5. The second kappa shape index (κ2) is 6.17. The van der Waals surface area contributed by atoms with Gasteiger partial charge in [-0.2, -0.15) is 13.2 Å². The van der Waals surface area contributed by atoms with Crippen molar-refractivity contribution in [2.75, 3.05) is 13.1 Å². The third-order valence-electron chi connectivity index (χ3n) is 2.09. The van der Waals surface area contributed by atoms with Crippen molar-refractivity contribution in [3.8, 4) is 0 Å². The van der Waals surface area contributed by atoms with Gasteiger partial charge in [0.05, 0.1) is 6.04 Å². The van der Waals surface area contributed by atoms with E-state index >= 15 is 0 Å². The fourth-order valence-corrected chi connectivity index (χ4v) is 1.39. The Kier molecular flexibility index (Phi) is 5.97. The Morgan fingerprint density at radius 3 is 2.53 bits per heavy atom. The molecule has 1 amide bonds. The van der Waals surface area contributed by atoms with E-state index in [1.165, 1.54) is 0 Å². The van der Waals surface area contributed by atoms with Gasteiger partial charge >= 0.3 is 6.18 Å². The summed E-state index contributed by atoms with van der Waals surface area (Å²) in [4.78, 5) is 11.2. The fourth-order valence-electron chi connectivity index (χ4n) is 1.39. The van der Waals surface area contributed by atoms with Crippen LogP contribution in [-0.2, 0) is 4.79 Å². The standard InChI is InChI=1S/C8H13F3N2O.ClH/c9-8(10,11)5-13-7(14)6-3-1-2-4-12-6;/h6,12H,1-5H2,(H,13,14);1H/t6-;/m1./s1. The second-order valence-corrected chi connectivity index (χ2v) is 3.34. The molecule has 0 bridgehead atoms. The minimum atomic E-state index is -4.33. The van der Waals surface area contributed by atoms with Gasteiger partial charge in [0.25, 0.3) is 0 Å². The lowest BCUT2D eigenvalue weighted by atomic mass is 10.0. The van der Waals surface area contributed by atoms with E-state index in [1.54, 1.807) is 0 Å². The quantitative estimate of drug-likeness (QED) is 0.770. The molecule has 1 saturated heterocycles. The van der Waals surface area contributed by atoms with E-state index < -0.39 is 24.7 Å². The number of nitrogens with one attached hydrogen (secondary N) is 2. The summed E-state index contributed by atoms with van der Waals surface area (Å²) in [5, 5.41) is 4.74. The van der Waals surface area contributed by atoms with Crippen LogP contribution in [0, 0.1) is 0 Å². The summed E-state index contributed by atoms with van der Waals surface area (Å²) in [6.07, 6.45) is -1.85. The van der Waals surface area contributed by atoms with Crippen molar-refractivity contribution in [3.05, 3.63) is 0 Å². The van der Waals surface area contributed by atoms with Gasteiger partial charge in [0.2, 0.25) is 5.91 Å². The van der Waals surface area contributed by atoms with Crippen LogP contribution in [0.3, 0.4) is 0 Å². The third-order valence-corrected chi connectivity index (χ3v) is 2.09. The Morgan fingerprint density at radius 1 is 1.40 bits per heavy atom. The number of amides is 1. The third kappa shape index (κ3) is 5.84. The first-order valence-corrected chi connectivity index (χ1v) is 4.57. The number of halogens is 4. The molecule has 90 valence electrons. The number of piperidine rings is 1. The highest BCUT2D eigenvalue weighted by Gasteiger charge is 2.29. The van der Waals surface area contributed by atoms with Crippen molar-refractivity contribution in [1.29, 1.82) is 0 Å². The highest BCUT2D eigenvalue weighted by Crippen LogP contribution is 2.13. The van der Waals surface area contributed by atoms with Gasteiger partial charge < -0.3 is 10.6 Å². The molecule has 7 heteroatoms. The van der Waals surface area contributed by atoms with Crippen molar-refractivity contribution in [1.82, 2.24) is 10.6 Å². The SMILES string of the molecule is Cl.O=C(NCC(F)(F)F)[C@H]1CCCCN1. The average molecular weight is 247 g/mol. The Bertz CT molecular complexity index is 205. The number of rotatable bonds is 2. The predicted molar refractivity (Wildman–Crippen MR) is 52.0 cm³/mol. The molecular weight excluding hydrogens is 233 g/mol. The van der Waals surface area contributed by atoms with E-state index in [-0.39, 0.29) is 12.4 Å². The molecule has 0 aromatic carbocycles. The zero-order valence-corrected chi connectivity index (χ0v) is 8.88. The summed E-state index contributed by atoms with van der Waals surface area (Å²) in [5.41, 5.74) is 0. The molecule has 0 radical (unpaired) electrons. The Hall–Kier alpha value is -0.490. The molecule has 1 aliphatic heterocycles. The number of carbonyl (C=O) groups excluding carboxylic acids is 1. The fraction of sp³-hybridized carbons (Fsp3) is 0.875. The molecule has 2 N–H and O–H groups in total. The Morgan fingerprint density at radius 2 is 2.07 bits per heavy atom. The van der Waals surface area contributed by atoms with Gasteiger partial charge in [0, 0.05) is 0 Å². The van der Waals surface area contributed by atoms with Crippen molar-refractivity contribution >= 4 is 18.3 Å². The largest absolute Gasteiger partial charge is 0.405 e. The summed E-state index contributed by atoms with van der Waals surface area (Å²) in [6, 6.07) is -0.453. The normalized spacial score (nSPS) is 21.7. The van der Waals surface area contributed by atoms with Gasteiger partial charge in [-0.1, -0.05) is 6.42 Å². The monoisotopic (exact) mass is 246 g/mol. The first-order chi connectivity index (χ1) is 6.49. The van der Waals surface area contributed by atoms with Crippen molar-refractivity contribution in [2.24, 2.45) is 0 Å². The molecule has 1 atom stereocenters. The molecule has 1 fully saturated rings. The number of hydrogen-bond donors (Lipinski definition) is 2. The topological polar surface area (TPSA) is 41.1 Å². The summed E-state index contributed by atoms with van der Waals surface area (Å²) >= 11 is 0. The van der Waals surface area contributed by atoms with Crippen LogP contribution < -0.4 is 10.6 Å². The molecule has 0 aromatic rings.